The van der Waals surface area contributed by atoms with Gasteiger partial charge in [0.2, 0.25) is 6.29 Å². The molecule has 1 aliphatic heterocycles. The Morgan fingerprint density at radius 3 is 2.38 bits per heavy atom. The summed E-state index contributed by atoms with van der Waals surface area (Å²) < 4.78 is 9.99. The number of aliphatic hydroxyl groups is 5. The van der Waals surface area contributed by atoms with Crippen LogP contribution in [0.5, 0.6) is 0 Å². The Kier molecular flexibility index (Phi) is 9.72. The molecule has 24 heavy (non-hydrogen) atoms. The largest absolute Gasteiger partial charge is 0.433 e. The number of hydrogen-bond donors (Lipinski definition) is 5. The van der Waals surface area contributed by atoms with E-state index in [0.717, 1.165) is 32.1 Å². The Hall–Kier alpha value is -0.770. The van der Waals surface area contributed by atoms with E-state index >= 15 is 0 Å². The van der Waals surface area contributed by atoms with Gasteiger partial charge in [0, 0.05) is 0 Å². The number of carbonyl (C=O) groups is 1. The molecule has 8 heteroatoms. The predicted octanol–water partition coefficient (Wildman–Crippen LogP) is -0.559. The van der Waals surface area contributed by atoms with Crippen LogP contribution in [-0.2, 0) is 14.3 Å². The van der Waals surface area contributed by atoms with E-state index < -0.39 is 49.4 Å². The van der Waals surface area contributed by atoms with Crippen LogP contribution in [-0.4, -0.2) is 74.9 Å². The lowest BCUT2D eigenvalue weighted by atomic mass is 9.99. The van der Waals surface area contributed by atoms with E-state index in [0.29, 0.717) is 6.42 Å². The normalized spacial score (nSPS) is 31.7. The highest BCUT2D eigenvalue weighted by atomic mass is 16.7. The maximum atomic E-state index is 11.8. The van der Waals surface area contributed by atoms with Crippen LogP contribution in [0.4, 0.5) is 0 Å². The molecule has 0 radical (unpaired) electrons. The minimum atomic E-state index is -1.63. The number of hydrogen-bond acceptors (Lipinski definition) is 8. The van der Waals surface area contributed by atoms with Gasteiger partial charge >= 0.3 is 5.97 Å². The molecule has 0 saturated carbocycles. The maximum absolute atomic E-state index is 11.8. The molecule has 0 bridgehead atoms. The Balaban J connectivity index is 2.35. The first-order chi connectivity index (χ1) is 11.4. The maximum Gasteiger partial charge on any atom is 0.310 e. The lowest BCUT2D eigenvalue weighted by Gasteiger charge is -2.39. The highest BCUT2D eigenvalue weighted by Gasteiger charge is 2.45. The van der Waals surface area contributed by atoms with Gasteiger partial charge in [0.1, 0.15) is 24.4 Å². The molecule has 0 aromatic rings. The zero-order valence-electron chi connectivity index (χ0n) is 14.1. The first-order valence-electron chi connectivity index (χ1n) is 8.58. The first-order valence-corrected chi connectivity index (χ1v) is 8.58. The van der Waals surface area contributed by atoms with Gasteiger partial charge in [-0.05, 0) is 6.42 Å². The summed E-state index contributed by atoms with van der Waals surface area (Å²) in [4.78, 5) is 11.8. The molecule has 1 heterocycles. The number of unbranched alkanes of at least 4 members (excludes halogenated alkanes) is 4. The van der Waals surface area contributed by atoms with Crippen molar-refractivity contribution in [3.63, 3.8) is 0 Å². The van der Waals surface area contributed by atoms with Gasteiger partial charge in [0.15, 0.2) is 0 Å². The lowest BCUT2D eigenvalue weighted by molar-refractivity contribution is -0.293. The van der Waals surface area contributed by atoms with Gasteiger partial charge in [-0.1, -0.05) is 39.0 Å². The van der Waals surface area contributed by atoms with E-state index in [1.54, 1.807) is 0 Å². The average Bonchev–Trinajstić information content (AvgIpc) is 2.55. The van der Waals surface area contributed by atoms with Gasteiger partial charge in [-0.25, -0.2) is 0 Å². The van der Waals surface area contributed by atoms with E-state index in [2.05, 4.69) is 6.92 Å². The Morgan fingerprint density at radius 1 is 1.08 bits per heavy atom. The Labute approximate surface area is 142 Å². The molecular formula is C16H30O8. The van der Waals surface area contributed by atoms with Gasteiger partial charge in [0.05, 0.1) is 19.1 Å². The summed E-state index contributed by atoms with van der Waals surface area (Å²) in [5.74, 6) is -0.777. The van der Waals surface area contributed by atoms with Crippen LogP contribution in [0.2, 0.25) is 0 Å². The minimum absolute atomic E-state index is 0.247. The molecule has 1 aliphatic rings. The number of carbonyl (C=O) groups excluding carboxylic acids is 1. The van der Waals surface area contributed by atoms with Crippen LogP contribution in [0.25, 0.3) is 0 Å². The van der Waals surface area contributed by atoms with Crippen molar-refractivity contribution in [2.75, 3.05) is 6.61 Å². The zero-order chi connectivity index (χ0) is 18.1. The minimum Gasteiger partial charge on any atom is -0.433 e. The molecule has 1 rings (SSSR count). The fourth-order valence-corrected chi connectivity index (χ4v) is 2.62. The van der Waals surface area contributed by atoms with Gasteiger partial charge in [-0.3, -0.25) is 4.79 Å². The van der Waals surface area contributed by atoms with E-state index in [1.165, 1.54) is 0 Å². The molecule has 6 atom stereocenters. The van der Waals surface area contributed by atoms with E-state index in [-0.39, 0.29) is 6.42 Å². The van der Waals surface area contributed by atoms with Gasteiger partial charge in [-0.2, -0.15) is 0 Å². The summed E-state index contributed by atoms with van der Waals surface area (Å²) >= 11 is 0. The molecule has 0 amide bonds. The Morgan fingerprint density at radius 2 is 1.75 bits per heavy atom. The van der Waals surface area contributed by atoms with Crippen molar-refractivity contribution in [3.8, 4) is 0 Å². The summed E-state index contributed by atoms with van der Waals surface area (Å²) in [5, 5.41) is 47.9. The Bertz CT molecular complexity index is 362. The summed E-state index contributed by atoms with van der Waals surface area (Å²) in [6.45, 7) is 1.52. The van der Waals surface area contributed by atoms with Crippen LogP contribution in [0.15, 0.2) is 0 Å². The molecule has 0 aliphatic carbocycles. The summed E-state index contributed by atoms with van der Waals surface area (Å²) in [6.07, 6.45) is -2.79. The number of esters is 1. The van der Waals surface area contributed by atoms with Crippen LogP contribution < -0.4 is 0 Å². The van der Waals surface area contributed by atoms with Crippen molar-refractivity contribution in [1.82, 2.24) is 0 Å². The standard InChI is InChI=1S/C16H30O8/c1-2-3-4-5-6-7-10(18)8-12(19)24-16-15(22)14(21)13(20)11(9-17)23-16/h10-11,13-18,20-22H,2-9H2,1H3/t10?,11-,13-,14+,15-,16?/m1/s1. The molecule has 0 spiro atoms. The van der Waals surface area contributed by atoms with Crippen LogP contribution in [0.3, 0.4) is 0 Å². The summed E-state index contributed by atoms with van der Waals surface area (Å²) in [7, 11) is 0. The number of ether oxygens (including phenoxy) is 2. The second-order valence-electron chi connectivity index (χ2n) is 6.25. The van der Waals surface area contributed by atoms with Crippen molar-refractivity contribution in [2.45, 2.75) is 88.7 Å². The fourth-order valence-electron chi connectivity index (χ4n) is 2.62. The smallest absolute Gasteiger partial charge is 0.310 e. The molecule has 1 saturated heterocycles. The highest BCUT2D eigenvalue weighted by molar-refractivity contribution is 5.70. The molecule has 0 aromatic heterocycles. The molecule has 142 valence electrons. The molecule has 5 N–H and O–H groups in total. The third kappa shape index (κ3) is 6.62. The topological polar surface area (TPSA) is 137 Å². The van der Waals surface area contributed by atoms with Crippen molar-refractivity contribution in [1.29, 1.82) is 0 Å². The van der Waals surface area contributed by atoms with E-state index in [4.69, 9.17) is 14.6 Å². The van der Waals surface area contributed by atoms with E-state index in [1.807, 2.05) is 0 Å². The van der Waals surface area contributed by atoms with Gasteiger partial charge in [-0.15, -0.1) is 0 Å². The molecule has 2 unspecified atom stereocenters. The number of aliphatic hydroxyl groups excluding tert-OH is 5. The van der Waals surface area contributed by atoms with E-state index in [9.17, 15) is 25.2 Å². The SMILES string of the molecule is CCCCCCCC(O)CC(=O)OC1O[C@H](CO)[C@@H](O)[C@H](O)[C@H]1O. The van der Waals surface area contributed by atoms with Gasteiger partial charge < -0.3 is 35.0 Å². The zero-order valence-corrected chi connectivity index (χ0v) is 14.1. The fraction of sp³-hybridized carbons (Fsp3) is 0.938. The van der Waals surface area contributed by atoms with Crippen molar-refractivity contribution in [2.24, 2.45) is 0 Å². The molecule has 8 nitrogen and oxygen atoms in total. The average molecular weight is 350 g/mol. The first kappa shape index (κ1) is 21.3. The third-order valence-electron chi connectivity index (χ3n) is 4.14. The second kappa shape index (κ2) is 11.0. The predicted molar refractivity (Wildman–Crippen MR) is 83.9 cm³/mol. The molecule has 0 aromatic carbocycles. The second-order valence-corrected chi connectivity index (χ2v) is 6.25. The number of rotatable bonds is 10. The monoisotopic (exact) mass is 350 g/mol. The third-order valence-corrected chi connectivity index (χ3v) is 4.14. The van der Waals surface area contributed by atoms with Gasteiger partial charge in [0.25, 0.3) is 0 Å². The summed E-state index contributed by atoms with van der Waals surface area (Å²) in [5.41, 5.74) is 0. The molecular weight excluding hydrogens is 320 g/mol. The quantitative estimate of drug-likeness (QED) is 0.261. The molecule has 1 fully saturated rings. The van der Waals surface area contributed by atoms with Crippen LogP contribution in [0, 0.1) is 0 Å². The highest BCUT2D eigenvalue weighted by Crippen LogP contribution is 2.22. The van der Waals surface area contributed by atoms with Crippen LogP contribution >= 0.6 is 0 Å². The van der Waals surface area contributed by atoms with Crippen molar-refractivity contribution < 1.29 is 39.8 Å². The lowest BCUT2D eigenvalue weighted by Crippen LogP contribution is -2.59. The van der Waals surface area contributed by atoms with Crippen LogP contribution in [0.1, 0.15) is 51.9 Å². The summed E-state index contributed by atoms with van der Waals surface area (Å²) in [6, 6.07) is 0. The van der Waals surface area contributed by atoms with Crippen molar-refractivity contribution in [3.05, 3.63) is 0 Å². The van der Waals surface area contributed by atoms with Crippen molar-refractivity contribution >= 4 is 5.97 Å².